The van der Waals surface area contributed by atoms with E-state index in [2.05, 4.69) is 15.7 Å². The minimum atomic E-state index is -0.600. The minimum Gasteiger partial charge on any atom is -0.491 e. The molecule has 5 rings (SSSR count). The van der Waals surface area contributed by atoms with E-state index in [9.17, 15) is 10.3 Å². The van der Waals surface area contributed by atoms with Gasteiger partial charge >= 0.3 is 0 Å². The number of nitrogens with one attached hydrogen (secondary N) is 2. The first-order chi connectivity index (χ1) is 16.6. The molecule has 1 fully saturated rings. The van der Waals surface area contributed by atoms with Gasteiger partial charge in [-0.25, -0.2) is 14.6 Å². The average molecular weight is 463 g/mol. The van der Waals surface area contributed by atoms with E-state index in [-0.39, 0.29) is 6.61 Å². The van der Waals surface area contributed by atoms with Gasteiger partial charge in [0.1, 0.15) is 30.8 Å². The molecule has 176 valence electrons. The van der Waals surface area contributed by atoms with Crippen LogP contribution in [0.3, 0.4) is 0 Å². The van der Waals surface area contributed by atoms with Crippen LogP contribution in [-0.4, -0.2) is 56.4 Å². The number of likely N-dealkylation sites (N-methyl/N-ethyl adjacent to an activating group) is 1. The zero-order valence-corrected chi connectivity index (χ0v) is 18.9. The molecule has 10 nitrogen and oxygen atoms in total. The van der Waals surface area contributed by atoms with Crippen molar-refractivity contribution in [3.63, 3.8) is 0 Å². The van der Waals surface area contributed by atoms with E-state index >= 15 is 0 Å². The summed E-state index contributed by atoms with van der Waals surface area (Å²) in [4.78, 5) is 9.64. The van der Waals surface area contributed by atoms with Crippen molar-refractivity contribution < 1.29 is 19.8 Å². The van der Waals surface area contributed by atoms with Crippen LogP contribution in [0.25, 0.3) is 22.4 Å². The maximum absolute atomic E-state index is 10.1. The van der Waals surface area contributed by atoms with Gasteiger partial charge in [0.05, 0.1) is 17.6 Å². The van der Waals surface area contributed by atoms with Crippen molar-refractivity contribution in [2.45, 2.75) is 31.5 Å². The highest BCUT2D eigenvalue weighted by Crippen LogP contribution is 2.37. The molecule has 3 aromatic heterocycles. The van der Waals surface area contributed by atoms with Crippen molar-refractivity contribution in [1.82, 2.24) is 25.1 Å². The third kappa shape index (κ3) is 4.78. The number of aliphatic hydroxyl groups excluding tert-OH is 1. The molecule has 0 radical (unpaired) electrons. The first kappa shape index (κ1) is 22.1. The van der Waals surface area contributed by atoms with Crippen LogP contribution in [-0.2, 0) is 6.54 Å². The van der Waals surface area contributed by atoms with Crippen molar-refractivity contribution in [3.05, 3.63) is 60.6 Å². The lowest BCUT2D eigenvalue weighted by molar-refractivity contribution is -0.909. The molecule has 0 bridgehead atoms. The van der Waals surface area contributed by atoms with Crippen molar-refractivity contribution in [1.29, 1.82) is 0 Å². The van der Waals surface area contributed by atoms with Gasteiger partial charge in [-0.1, -0.05) is 12.1 Å². The number of aromatic nitrogens is 5. The van der Waals surface area contributed by atoms with Gasteiger partial charge in [-0.05, 0) is 38.1 Å². The van der Waals surface area contributed by atoms with Gasteiger partial charge in [0.15, 0.2) is 11.5 Å². The van der Waals surface area contributed by atoms with Gasteiger partial charge in [-0.3, -0.25) is 5.21 Å². The molecule has 1 atom stereocenters. The molecule has 1 saturated carbocycles. The third-order valence-corrected chi connectivity index (χ3v) is 5.68. The number of nitrogens with zero attached hydrogens (tertiary/aromatic N) is 5. The molecule has 4 N–H and O–H groups in total. The first-order valence-corrected chi connectivity index (χ1v) is 11.4. The van der Waals surface area contributed by atoms with Gasteiger partial charge in [-0.15, -0.1) is 0 Å². The molecular weight excluding hydrogens is 434 g/mol. The second-order valence-electron chi connectivity index (χ2n) is 8.39. The molecule has 0 spiro atoms. The second-order valence-corrected chi connectivity index (χ2v) is 8.39. The fraction of sp³-hybridized carbons (Fsp3) is 0.333. The summed E-state index contributed by atoms with van der Waals surface area (Å²) in [5, 5.41) is 31.7. The predicted octanol–water partition coefficient (Wildman–Crippen LogP) is 1.92. The maximum Gasteiger partial charge on any atom is 0.253 e. The van der Waals surface area contributed by atoms with Crippen LogP contribution in [0.5, 0.6) is 5.75 Å². The van der Waals surface area contributed by atoms with E-state index in [0.29, 0.717) is 42.2 Å². The van der Waals surface area contributed by atoms with E-state index in [4.69, 9.17) is 14.7 Å². The standard InChI is InChI=1S/C24H28N7O3/c1-25-13-19(32)15-34-20-7-4-5-16(11-20)22-28-23(26-12-18-6-2-3-10-30(18)33)21-14-27-31(17-8-9-17)24(21)29-22/h2-7,10-11,14,17,19,25,32-33H,8-9,12-13,15H2,1H3,(H,26,28,29)/q+1. The Morgan fingerprint density at radius 1 is 1.21 bits per heavy atom. The lowest BCUT2D eigenvalue weighted by Gasteiger charge is -2.13. The SMILES string of the molecule is CNCC(O)COc1cccc(-c2nc(NCc3cccc[n+]3O)c3cnn(C4CC4)c3n2)c1. The van der Waals surface area contributed by atoms with Crippen LogP contribution >= 0.6 is 0 Å². The van der Waals surface area contributed by atoms with Crippen molar-refractivity contribution >= 4 is 16.9 Å². The lowest BCUT2D eigenvalue weighted by Crippen LogP contribution is -2.35. The Labute approximate surface area is 196 Å². The summed E-state index contributed by atoms with van der Waals surface area (Å²) in [5.41, 5.74) is 2.27. The Morgan fingerprint density at radius 2 is 2.09 bits per heavy atom. The Kier molecular flexibility index (Phi) is 6.24. The predicted molar refractivity (Wildman–Crippen MR) is 126 cm³/mol. The van der Waals surface area contributed by atoms with Gasteiger partial charge in [0.2, 0.25) is 6.20 Å². The summed E-state index contributed by atoms with van der Waals surface area (Å²) >= 11 is 0. The van der Waals surface area contributed by atoms with Crippen molar-refractivity contribution in [2.24, 2.45) is 0 Å². The molecule has 0 saturated heterocycles. The quantitative estimate of drug-likeness (QED) is 0.208. The highest BCUT2D eigenvalue weighted by molar-refractivity contribution is 5.88. The smallest absolute Gasteiger partial charge is 0.253 e. The number of hydrogen-bond donors (Lipinski definition) is 4. The molecule has 1 unspecified atom stereocenters. The van der Waals surface area contributed by atoms with Crippen molar-refractivity contribution in [2.75, 3.05) is 25.5 Å². The van der Waals surface area contributed by atoms with Crippen LogP contribution in [0.15, 0.2) is 54.9 Å². The molecule has 3 heterocycles. The summed E-state index contributed by atoms with van der Waals surface area (Å²) in [6.45, 7) is 1.02. The molecular formula is C24H28N7O3+. The van der Waals surface area contributed by atoms with E-state index < -0.39 is 6.10 Å². The molecule has 1 aliphatic rings. The van der Waals surface area contributed by atoms with Crippen LogP contribution < -0.4 is 20.1 Å². The fourth-order valence-electron chi connectivity index (χ4n) is 3.77. The lowest BCUT2D eigenvalue weighted by atomic mass is 10.2. The topological polar surface area (TPSA) is 121 Å². The number of fused-ring (bicyclic) bond motifs is 1. The highest BCUT2D eigenvalue weighted by Gasteiger charge is 2.28. The molecule has 1 aliphatic carbocycles. The number of benzene rings is 1. The van der Waals surface area contributed by atoms with Crippen LogP contribution in [0, 0.1) is 0 Å². The number of anilines is 1. The van der Waals surface area contributed by atoms with E-state index in [1.54, 1.807) is 25.5 Å². The molecule has 10 heteroatoms. The monoisotopic (exact) mass is 462 g/mol. The van der Waals surface area contributed by atoms with Gasteiger partial charge in [0.25, 0.3) is 5.69 Å². The van der Waals surface area contributed by atoms with Crippen molar-refractivity contribution in [3.8, 4) is 17.1 Å². The number of pyridine rings is 1. The van der Waals surface area contributed by atoms with Crippen LogP contribution in [0.2, 0.25) is 0 Å². The first-order valence-electron chi connectivity index (χ1n) is 11.4. The van der Waals surface area contributed by atoms with Crippen LogP contribution in [0.1, 0.15) is 24.6 Å². The second kappa shape index (κ2) is 9.62. The van der Waals surface area contributed by atoms with E-state index in [1.807, 2.05) is 41.1 Å². The summed E-state index contributed by atoms with van der Waals surface area (Å²) < 4.78 is 8.82. The normalized spacial score (nSPS) is 14.3. The van der Waals surface area contributed by atoms with E-state index in [1.165, 1.54) is 0 Å². The fourth-order valence-corrected chi connectivity index (χ4v) is 3.77. The van der Waals surface area contributed by atoms with E-state index in [0.717, 1.165) is 34.2 Å². The number of rotatable bonds is 10. The van der Waals surface area contributed by atoms with Gasteiger partial charge < -0.3 is 20.5 Å². The van der Waals surface area contributed by atoms with Crippen LogP contribution in [0.4, 0.5) is 5.82 Å². The van der Waals surface area contributed by atoms with Gasteiger partial charge in [-0.2, -0.15) is 5.10 Å². The number of hydrogen-bond acceptors (Lipinski definition) is 8. The largest absolute Gasteiger partial charge is 0.491 e. The highest BCUT2D eigenvalue weighted by atomic mass is 16.5. The zero-order valence-electron chi connectivity index (χ0n) is 18.9. The average Bonchev–Trinajstić information content (AvgIpc) is 3.61. The Hall–Kier alpha value is -3.76. The number of aliphatic hydroxyl groups is 1. The minimum absolute atomic E-state index is 0.184. The Balaban J connectivity index is 1.47. The Morgan fingerprint density at radius 3 is 2.88 bits per heavy atom. The number of ether oxygens (including phenoxy) is 1. The summed E-state index contributed by atoms with van der Waals surface area (Å²) in [6.07, 6.45) is 4.96. The molecule has 0 amide bonds. The third-order valence-electron chi connectivity index (χ3n) is 5.68. The zero-order chi connectivity index (χ0) is 23.5. The molecule has 0 aliphatic heterocycles. The summed E-state index contributed by atoms with van der Waals surface area (Å²) in [6, 6.07) is 13.4. The summed E-state index contributed by atoms with van der Waals surface area (Å²) in [7, 11) is 1.78. The Bertz CT molecular complexity index is 1290. The molecule has 34 heavy (non-hydrogen) atoms. The van der Waals surface area contributed by atoms with Gasteiger partial charge in [0, 0.05) is 29.0 Å². The molecule has 1 aromatic carbocycles. The summed E-state index contributed by atoms with van der Waals surface area (Å²) in [5.74, 6) is 1.82. The maximum atomic E-state index is 10.1. The molecule has 4 aromatic rings.